The first-order chi connectivity index (χ1) is 18.9. The Bertz CT molecular complexity index is 1480. The molecule has 0 bridgehead atoms. The maximum atomic E-state index is 12.9. The first kappa shape index (κ1) is 26.4. The molecule has 1 fully saturated rings. The number of pyridine rings is 1. The number of carbonyl (C=O) groups excluding carboxylic acids is 1. The molecule has 3 heterocycles. The molecule has 0 unspecified atom stereocenters. The third-order valence-corrected chi connectivity index (χ3v) is 7.55. The van der Waals surface area contributed by atoms with Crippen LogP contribution in [0.4, 0.5) is 5.69 Å². The van der Waals surface area contributed by atoms with Crippen molar-refractivity contribution < 1.29 is 9.53 Å². The van der Waals surface area contributed by atoms with E-state index in [0.717, 1.165) is 45.3 Å². The highest BCUT2D eigenvalue weighted by molar-refractivity contribution is 7.80. The first-order valence-electron chi connectivity index (χ1n) is 13.0. The number of aryl methyl sites for hydroxylation is 2. The van der Waals surface area contributed by atoms with Crippen molar-refractivity contribution in [1.82, 2.24) is 19.8 Å². The Hall–Kier alpha value is -4.17. The van der Waals surface area contributed by atoms with Gasteiger partial charge in [0.1, 0.15) is 5.75 Å². The van der Waals surface area contributed by atoms with Crippen LogP contribution in [-0.2, 0) is 4.79 Å². The van der Waals surface area contributed by atoms with Gasteiger partial charge in [-0.25, -0.2) is 0 Å². The van der Waals surface area contributed by atoms with Crippen LogP contribution in [0, 0.1) is 20.8 Å². The monoisotopic (exact) mass is 539 g/mol. The van der Waals surface area contributed by atoms with Crippen LogP contribution < -0.4 is 15.4 Å². The van der Waals surface area contributed by atoms with Crippen LogP contribution in [0.2, 0.25) is 0 Å². The Kier molecular flexibility index (Phi) is 7.65. The zero-order valence-electron chi connectivity index (χ0n) is 22.6. The summed E-state index contributed by atoms with van der Waals surface area (Å²) in [6.07, 6.45) is 2.11. The number of nitrogens with zero attached hydrogens (tertiary/aromatic N) is 3. The van der Waals surface area contributed by atoms with E-state index >= 15 is 0 Å². The summed E-state index contributed by atoms with van der Waals surface area (Å²) in [5.74, 6) is 0.768. The fourth-order valence-corrected chi connectivity index (χ4v) is 5.70. The molecule has 1 saturated heterocycles. The third-order valence-electron chi connectivity index (χ3n) is 7.20. The van der Waals surface area contributed by atoms with E-state index in [1.165, 1.54) is 0 Å². The van der Waals surface area contributed by atoms with Crippen LogP contribution in [0.25, 0.3) is 5.69 Å². The number of nitrogens with one attached hydrogen (secondary N) is 2. The van der Waals surface area contributed by atoms with Gasteiger partial charge in [-0.1, -0.05) is 18.2 Å². The number of hydrogen-bond donors (Lipinski definition) is 2. The second kappa shape index (κ2) is 11.3. The number of hydrogen-bond acceptors (Lipinski definition) is 4. The van der Waals surface area contributed by atoms with E-state index in [9.17, 15) is 4.79 Å². The molecule has 0 saturated carbocycles. The lowest BCUT2D eigenvalue weighted by molar-refractivity contribution is -0.116. The molecule has 8 heteroatoms. The molecule has 200 valence electrons. The molecule has 1 amide bonds. The second-order valence-electron chi connectivity index (χ2n) is 9.85. The molecular formula is C31H33N5O2S. The van der Waals surface area contributed by atoms with Crippen molar-refractivity contribution in [2.75, 3.05) is 19.0 Å². The van der Waals surface area contributed by atoms with Gasteiger partial charge >= 0.3 is 0 Å². The van der Waals surface area contributed by atoms with Gasteiger partial charge in [0.25, 0.3) is 0 Å². The molecule has 2 aromatic carbocycles. The van der Waals surface area contributed by atoms with Crippen molar-refractivity contribution in [3.63, 3.8) is 0 Å². The molecule has 2 atom stereocenters. The Balaban J connectivity index is 1.46. The molecule has 4 aromatic rings. The number of ether oxygens (including phenoxy) is 1. The molecule has 1 aliphatic heterocycles. The van der Waals surface area contributed by atoms with Crippen molar-refractivity contribution >= 4 is 28.9 Å². The number of aromatic nitrogens is 2. The van der Waals surface area contributed by atoms with Crippen molar-refractivity contribution in [1.29, 1.82) is 0 Å². The maximum absolute atomic E-state index is 12.9. The number of methoxy groups -OCH3 is 1. The average Bonchev–Trinajstić information content (AvgIpc) is 3.42. The molecule has 0 aliphatic carbocycles. The Labute approximate surface area is 234 Å². The normalized spacial score (nSPS) is 16.7. The number of benzene rings is 2. The van der Waals surface area contributed by atoms with Crippen LogP contribution in [0.1, 0.15) is 46.7 Å². The van der Waals surface area contributed by atoms with E-state index in [1.807, 2.05) is 61.5 Å². The third kappa shape index (κ3) is 5.52. The van der Waals surface area contributed by atoms with Gasteiger partial charge in [-0.05, 0) is 98.7 Å². The first-order valence-corrected chi connectivity index (χ1v) is 13.4. The zero-order chi connectivity index (χ0) is 27.5. The number of carbonyl (C=O) groups is 1. The highest BCUT2D eigenvalue weighted by Gasteiger charge is 2.41. The zero-order valence-corrected chi connectivity index (χ0v) is 23.5. The predicted molar refractivity (Wildman–Crippen MR) is 158 cm³/mol. The summed E-state index contributed by atoms with van der Waals surface area (Å²) in [5.41, 5.74) is 7.24. The van der Waals surface area contributed by atoms with E-state index in [-0.39, 0.29) is 18.0 Å². The van der Waals surface area contributed by atoms with Gasteiger partial charge < -0.3 is 24.8 Å². The van der Waals surface area contributed by atoms with Crippen LogP contribution in [0.15, 0.2) is 79.0 Å². The van der Waals surface area contributed by atoms with E-state index < -0.39 is 0 Å². The van der Waals surface area contributed by atoms with Gasteiger partial charge in [-0.2, -0.15) is 0 Å². The molecule has 7 nitrogen and oxygen atoms in total. The summed E-state index contributed by atoms with van der Waals surface area (Å²) in [4.78, 5) is 19.7. The largest absolute Gasteiger partial charge is 0.497 e. The molecule has 1 aliphatic rings. The number of rotatable bonds is 8. The van der Waals surface area contributed by atoms with Crippen LogP contribution in [-0.4, -0.2) is 39.1 Å². The molecule has 0 radical (unpaired) electrons. The Morgan fingerprint density at radius 1 is 1.05 bits per heavy atom. The molecule has 0 spiro atoms. The lowest BCUT2D eigenvalue weighted by atomic mass is 9.96. The SMILES string of the molecule is COc1ccc(-n2c(C)cc([C@H]3[C@@H](c4ccccn4)NC(=S)N3CCC(=O)Nc3cccc(C)c3)c2C)cc1. The average molecular weight is 540 g/mol. The number of anilines is 1. The molecular weight excluding hydrogens is 506 g/mol. The minimum absolute atomic E-state index is 0.0489. The number of amides is 1. The topological polar surface area (TPSA) is 71.4 Å². The summed E-state index contributed by atoms with van der Waals surface area (Å²) < 4.78 is 7.60. The van der Waals surface area contributed by atoms with E-state index in [0.29, 0.717) is 18.1 Å². The van der Waals surface area contributed by atoms with E-state index in [1.54, 1.807) is 13.3 Å². The lowest BCUT2D eigenvalue weighted by Gasteiger charge is -2.28. The van der Waals surface area contributed by atoms with E-state index in [2.05, 4.69) is 57.1 Å². The van der Waals surface area contributed by atoms with Gasteiger partial charge in [0, 0.05) is 41.9 Å². The number of thiocarbonyl (C=S) groups is 1. The van der Waals surface area contributed by atoms with Crippen molar-refractivity contribution in [2.45, 2.75) is 39.3 Å². The summed E-state index contributed by atoms with van der Waals surface area (Å²) in [6, 6.07) is 23.7. The fourth-order valence-electron chi connectivity index (χ4n) is 5.37. The van der Waals surface area contributed by atoms with Gasteiger partial charge in [-0.15, -0.1) is 0 Å². The highest BCUT2D eigenvalue weighted by Crippen LogP contribution is 2.41. The lowest BCUT2D eigenvalue weighted by Crippen LogP contribution is -2.32. The smallest absolute Gasteiger partial charge is 0.226 e. The summed E-state index contributed by atoms with van der Waals surface area (Å²) in [5, 5.41) is 7.14. The van der Waals surface area contributed by atoms with Gasteiger partial charge in [0.15, 0.2) is 5.11 Å². The maximum Gasteiger partial charge on any atom is 0.226 e. The Morgan fingerprint density at radius 3 is 2.54 bits per heavy atom. The second-order valence-corrected chi connectivity index (χ2v) is 10.2. The molecule has 2 aromatic heterocycles. The molecule has 39 heavy (non-hydrogen) atoms. The summed E-state index contributed by atoms with van der Waals surface area (Å²) >= 11 is 5.83. The standard InChI is InChI=1S/C31H33N5O2S/c1-20-8-7-9-23(18-20)33-28(37)15-17-35-30(29(34-31(35)39)27-10-5-6-16-32-27)26-19-21(2)36(22(26)3)24-11-13-25(38-4)14-12-24/h5-14,16,18-19,29-30H,15,17H2,1-4H3,(H,33,37)(H,34,39)/t29-,30+/m1/s1. The van der Waals surface area contributed by atoms with Gasteiger partial charge in [0.2, 0.25) is 5.91 Å². The van der Waals surface area contributed by atoms with Gasteiger partial charge in [0.05, 0.1) is 24.9 Å². The van der Waals surface area contributed by atoms with Crippen molar-refractivity contribution in [2.24, 2.45) is 0 Å². The summed E-state index contributed by atoms with van der Waals surface area (Å²) in [6.45, 7) is 6.72. The quantitative estimate of drug-likeness (QED) is 0.276. The predicted octanol–water partition coefficient (Wildman–Crippen LogP) is 5.81. The molecule has 2 N–H and O–H groups in total. The minimum atomic E-state index is -0.150. The van der Waals surface area contributed by atoms with Crippen molar-refractivity contribution in [3.8, 4) is 11.4 Å². The Morgan fingerprint density at radius 2 is 1.85 bits per heavy atom. The fraction of sp³-hybridized carbons (Fsp3) is 0.258. The molecule has 5 rings (SSSR count). The minimum Gasteiger partial charge on any atom is -0.497 e. The van der Waals surface area contributed by atoms with Crippen LogP contribution in [0.3, 0.4) is 0 Å². The highest BCUT2D eigenvalue weighted by atomic mass is 32.1. The van der Waals surface area contributed by atoms with Crippen molar-refractivity contribution in [3.05, 3.63) is 107 Å². The van der Waals surface area contributed by atoms with Gasteiger partial charge in [-0.3, -0.25) is 9.78 Å². The van der Waals surface area contributed by atoms with Crippen LogP contribution in [0.5, 0.6) is 5.75 Å². The summed E-state index contributed by atoms with van der Waals surface area (Å²) in [7, 11) is 1.67. The van der Waals surface area contributed by atoms with Crippen LogP contribution >= 0.6 is 12.2 Å². The van der Waals surface area contributed by atoms with E-state index in [4.69, 9.17) is 17.0 Å².